The van der Waals surface area contributed by atoms with Crippen LogP contribution in [0.25, 0.3) is 11.3 Å². The lowest BCUT2D eigenvalue weighted by molar-refractivity contribution is -0.121. The minimum atomic E-state index is -0.324. The van der Waals surface area contributed by atoms with Gasteiger partial charge < -0.3 is 15.0 Å². The van der Waals surface area contributed by atoms with Gasteiger partial charge >= 0.3 is 0 Å². The second-order valence-electron chi connectivity index (χ2n) is 7.53. The molecule has 1 saturated heterocycles. The molecule has 4 rings (SSSR count). The summed E-state index contributed by atoms with van der Waals surface area (Å²) in [5.74, 6) is 1.26. The van der Waals surface area contributed by atoms with Gasteiger partial charge in [-0.25, -0.2) is 4.39 Å². The fraction of sp³-hybridized carbons (Fsp3) is 0.304. The minimum Gasteiger partial charge on any atom is -0.497 e. The van der Waals surface area contributed by atoms with Gasteiger partial charge in [0.2, 0.25) is 5.91 Å². The van der Waals surface area contributed by atoms with Crippen molar-refractivity contribution >= 4 is 11.7 Å². The number of H-pyrrole nitrogens is 1. The second kappa shape index (κ2) is 8.98. The van der Waals surface area contributed by atoms with Crippen LogP contribution in [0, 0.1) is 5.82 Å². The number of benzene rings is 2. The van der Waals surface area contributed by atoms with Crippen LogP contribution in [-0.4, -0.2) is 42.3 Å². The third-order valence-corrected chi connectivity index (χ3v) is 5.33. The molecule has 0 aliphatic carbocycles. The summed E-state index contributed by atoms with van der Waals surface area (Å²) < 4.78 is 18.5. The maximum Gasteiger partial charge on any atom is 0.224 e. The number of halogens is 1. The third-order valence-electron chi connectivity index (χ3n) is 5.33. The van der Waals surface area contributed by atoms with E-state index in [-0.39, 0.29) is 24.2 Å². The summed E-state index contributed by atoms with van der Waals surface area (Å²) in [7, 11) is 1.65. The molecule has 1 amide bonds. The zero-order valence-corrected chi connectivity index (χ0v) is 16.9. The first-order valence-corrected chi connectivity index (χ1v) is 10.1. The van der Waals surface area contributed by atoms with E-state index in [2.05, 4.69) is 20.4 Å². The molecule has 0 bridgehead atoms. The van der Waals surface area contributed by atoms with Crippen LogP contribution in [0.5, 0.6) is 5.75 Å². The summed E-state index contributed by atoms with van der Waals surface area (Å²) in [5.41, 5.74) is 2.65. The Morgan fingerprint density at radius 1 is 1.27 bits per heavy atom. The maximum absolute atomic E-state index is 13.3. The average Bonchev–Trinajstić information content (AvgIpc) is 3.24. The molecular formula is C23H25FN4O2. The van der Waals surface area contributed by atoms with Crippen LogP contribution in [0.3, 0.4) is 0 Å². The Balaban J connectivity index is 1.36. The van der Waals surface area contributed by atoms with Crippen molar-refractivity contribution in [1.82, 2.24) is 15.5 Å². The first kappa shape index (κ1) is 19.9. The maximum atomic E-state index is 13.3. The van der Waals surface area contributed by atoms with Crippen molar-refractivity contribution in [3.05, 3.63) is 66.0 Å². The Kier molecular flexibility index (Phi) is 5.97. The lowest BCUT2D eigenvalue weighted by atomic mass is 10.0. The zero-order chi connectivity index (χ0) is 20.9. The summed E-state index contributed by atoms with van der Waals surface area (Å²) in [6, 6.07) is 16.0. The van der Waals surface area contributed by atoms with E-state index in [9.17, 15) is 9.18 Å². The lowest BCUT2D eigenvalue weighted by Crippen LogP contribution is -2.48. The van der Waals surface area contributed by atoms with Crippen LogP contribution in [0.1, 0.15) is 18.4 Å². The Bertz CT molecular complexity index is 1000. The number of hydrogen-bond acceptors (Lipinski definition) is 4. The van der Waals surface area contributed by atoms with E-state index in [1.165, 1.54) is 12.1 Å². The Labute approximate surface area is 175 Å². The molecule has 2 aromatic carbocycles. The summed E-state index contributed by atoms with van der Waals surface area (Å²) >= 11 is 0. The molecule has 0 saturated carbocycles. The van der Waals surface area contributed by atoms with Crippen molar-refractivity contribution in [2.24, 2.45) is 0 Å². The predicted octanol–water partition coefficient (Wildman–Crippen LogP) is 3.55. The van der Waals surface area contributed by atoms with Gasteiger partial charge in [0.15, 0.2) is 5.82 Å². The van der Waals surface area contributed by atoms with E-state index in [1.54, 1.807) is 19.2 Å². The van der Waals surface area contributed by atoms with Gasteiger partial charge in [-0.1, -0.05) is 12.1 Å². The number of ether oxygens (including phenoxy) is 1. The number of rotatable bonds is 6. The van der Waals surface area contributed by atoms with Crippen molar-refractivity contribution in [3.63, 3.8) is 0 Å². The zero-order valence-electron chi connectivity index (χ0n) is 16.9. The summed E-state index contributed by atoms with van der Waals surface area (Å²) in [4.78, 5) is 14.6. The molecule has 2 heterocycles. The number of nitrogens with one attached hydrogen (secondary N) is 2. The molecule has 1 aliphatic rings. The highest BCUT2D eigenvalue weighted by Gasteiger charge is 2.23. The molecule has 7 heteroatoms. The first-order valence-electron chi connectivity index (χ1n) is 10.1. The first-order chi connectivity index (χ1) is 14.6. The summed E-state index contributed by atoms with van der Waals surface area (Å²) in [6.07, 6.45) is 2.06. The van der Waals surface area contributed by atoms with E-state index in [0.29, 0.717) is 12.1 Å². The highest BCUT2D eigenvalue weighted by Crippen LogP contribution is 2.25. The van der Waals surface area contributed by atoms with Crippen molar-refractivity contribution < 1.29 is 13.9 Å². The summed E-state index contributed by atoms with van der Waals surface area (Å²) in [5, 5.41) is 10.6. The fourth-order valence-electron chi connectivity index (χ4n) is 3.81. The third kappa shape index (κ3) is 4.79. The van der Waals surface area contributed by atoms with Crippen LogP contribution in [0.2, 0.25) is 0 Å². The number of aromatic amines is 1. The molecule has 156 valence electrons. The predicted molar refractivity (Wildman–Crippen MR) is 114 cm³/mol. The SMILES string of the molecule is COc1ccc(-c2cc(N3CCC[C@H](NC(=O)Cc4cccc(F)c4)C3)n[nH]2)cc1. The van der Waals surface area contributed by atoms with E-state index in [1.807, 2.05) is 30.3 Å². The molecule has 0 spiro atoms. The van der Waals surface area contributed by atoms with Gasteiger partial charge in [-0.2, -0.15) is 5.10 Å². The smallest absolute Gasteiger partial charge is 0.224 e. The molecule has 2 N–H and O–H groups in total. The van der Waals surface area contributed by atoms with Crippen LogP contribution in [-0.2, 0) is 11.2 Å². The van der Waals surface area contributed by atoms with Crippen molar-refractivity contribution in [3.8, 4) is 17.0 Å². The average molecular weight is 408 g/mol. The molecule has 0 unspecified atom stereocenters. The Morgan fingerprint density at radius 3 is 2.87 bits per heavy atom. The molecule has 1 fully saturated rings. The molecule has 30 heavy (non-hydrogen) atoms. The molecule has 1 aliphatic heterocycles. The van der Waals surface area contributed by atoms with E-state index in [0.717, 1.165) is 42.2 Å². The van der Waals surface area contributed by atoms with E-state index in [4.69, 9.17) is 4.74 Å². The monoisotopic (exact) mass is 408 g/mol. The molecule has 1 atom stereocenters. The van der Waals surface area contributed by atoms with Crippen molar-refractivity contribution in [2.45, 2.75) is 25.3 Å². The second-order valence-corrected chi connectivity index (χ2v) is 7.53. The van der Waals surface area contributed by atoms with Gasteiger partial charge in [0.1, 0.15) is 11.6 Å². The number of carbonyl (C=O) groups is 1. The van der Waals surface area contributed by atoms with Gasteiger partial charge in [-0.3, -0.25) is 9.89 Å². The molecular weight excluding hydrogens is 383 g/mol. The van der Waals surface area contributed by atoms with Gasteiger partial charge in [0, 0.05) is 25.2 Å². The van der Waals surface area contributed by atoms with Crippen LogP contribution < -0.4 is 15.0 Å². The highest BCUT2D eigenvalue weighted by atomic mass is 19.1. The minimum absolute atomic E-state index is 0.0425. The van der Waals surface area contributed by atoms with Gasteiger partial charge in [-0.05, 0) is 60.4 Å². The van der Waals surface area contributed by atoms with E-state index < -0.39 is 0 Å². The van der Waals surface area contributed by atoms with Crippen LogP contribution in [0.4, 0.5) is 10.2 Å². The normalized spacial score (nSPS) is 16.3. The molecule has 6 nitrogen and oxygen atoms in total. The Morgan fingerprint density at radius 2 is 2.10 bits per heavy atom. The molecule has 1 aromatic heterocycles. The van der Waals surface area contributed by atoms with Gasteiger partial charge in [0.25, 0.3) is 0 Å². The fourth-order valence-corrected chi connectivity index (χ4v) is 3.81. The number of nitrogens with zero attached hydrogens (tertiary/aromatic N) is 2. The number of hydrogen-bond donors (Lipinski definition) is 2. The highest BCUT2D eigenvalue weighted by molar-refractivity contribution is 5.79. The van der Waals surface area contributed by atoms with Gasteiger partial charge in [0.05, 0.1) is 19.2 Å². The van der Waals surface area contributed by atoms with Crippen LogP contribution >= 0.6 is 0 Å². The van der Waals surface area contributed by atoms with Gasteiger partial charge in [-0.15, -0.1) is 0 Å². The number of methoxy groups -OCH3 is 1. The number of amides is 1. The number of piperidine rings is 1. The largest absolute Gasteiger partial charge is 0.497 e. The summed E-state index contributed by atoms with van der Waals surface area (Å²) in [6.45, 7) is 1.59. The van der Waals surface area contributed by atoms with Crippen molar-refractivity contribution in [2.75, 3.05) is 25.1 Å². The number of aromatic nitrogens is 2. The molecule has 3 aromatic rings. The van der Waals surface area contributed by atoms with E-state index >= 15 is 0 Å². The number of carbonyl (C=O) groups excluding carboxylic acids is 1. The standard InChI is InChI=1S/C23H25FN4O2/c1-30-20-9-7-17(8-10-20)21-14-22(27-26-21)28-11-3-6-19(15-28)25-23(29)13-16-4-2-5-18(24)12-16/h2,4-5,7-10,12,14,19H,3,6,11,13,15H2,1H3,(H,25,29)(H,26,27)/t19-/m0/s1. The number of anilines is 1. The lowest BCUT2D eigenvalue weighted by Gasteiger charge is -2.33. The van der Waals surface area contributed by atoms with Crippen molar-refractivity contribution in [1.29, 1.82) is 0 Å². The Hall–Kier alpha value is -3.35. The van der Waals surface area contributed by atoms with Crippen LogP contribution in [0.15, 0.2) is 54.6 Å². The topological polar surface area (TPSA) is 70.2 Å². The molecule has 0 radical (unpaired) electrons. The quantitative estimate of drug-likeness (QED) is 0.654.